The Morgan fingerprint density at radius 1 is 1.05 bits per heavy atom. The average Bonchev–Trinajstić information content (AvgIpc) is 2.89. The lowest BCUT2D eigenvalue weighted by atomic mass is 9.98. The van der Waals surface area contributed by atoms with Gasteiger partial charge in [0.1, 0.15) is 11.3 Å². The predicted molar refractivity (Wildman–Crippen MR) is 151 cm³/mol. The van der Waals surface area contributed by atoms with Gasteiger partial charge in [-0.05, 0) is 57.1 Å². The highest BCUT2D eigenvalue weighted by Crippen LogP contribution is 2.49. The summed E-state index contributed by atoms with van der Waals surface area (Å²) in [7, 11) is -10.5. The number of phosphoric ester groups is 2. The summed E-state index contributed by atoms with van der Waals surface area (Å²) < 4.78 is 38.0. The van der Waals surface area contributed by atoms with Crippen molar-refractivity contribution < 1.29 is 56.9 Å². The first-order valence-electron chi connectivity index (χ1n) is 13.0. The molecule has 1 aromatic carbocycles. The van der Waals surface area contributed by atoms with E-state index in [1.54, 1.807) is 17.1 Å². The number of fused-ring (bicyclic) bond motifs is 1. The summed E-state index contributed by atoms with van der Waals surface area (Å²) in [6, 6.07) is 0.676. The van der Waals surface area contributed by atoms with Crippen molar-refractivity contribution in [3.63, 3.8) is 0 Å². The molecule has 14 nitrogen and oxygen atoms in total. The molecule has 4 N–H and O–H groups in total. The molecule has 232 valence electrons. The highest BCUT2D eigenvalue weighted by molar-refractivity contribution is 7.47. The molecule has 0 bridgehead atoms. The van der Waals surface area contributed by atoms with Crippen LogP contribution in [0, 0.1) is 0 Å². The molecule has 42 heavy (non-hydrogen) atoms. The Morgan fingerprint density at radius 2 is 1.69 bits per heavy atom. The van der Waals surface area contributed by atoms with E-state index in [1.807, 2.05) is 13.0 Å². The number of esters is 1. The lowest BCUT2D eigenvalue weighted by Gasteiger charge is -2.26. The third kappa shape index (κ3) is 10.9. The molecule has 2 aliphatic heterocycles. The molecule has 1 saturated heterocycles. The third-order valence-corrected chi connectivity index (χ3v) is 7.45. The van der Waals surface area contributed by atoms with Crippen LogP contribution < -0.4 is 9.05 Å². The molecule has 0 atom stereocenters. The SMILES string of the molecule is C/C1=C\C(=N/OCC(=O)N2CCCCC2)Cc2c(Cl)c(OP(=O)(O)O)cc(OP(=O)(O)O)c2C(=O)OCC/C=C/CC1. The number of nitrogens with zero attached hydrogens (tertiary/aromatic N) is 2. The largest absolute Gasteiger partial charge is 0.524 e. The Kier molecular flexibility index (Phi) is 12.2. The molecule has 2 heterocycles. The van der Waals surface area contributed by atoms with E-state index in [4.69, 9.17) is 25.7 Å². The van der Waals surface area contributed by atoms with Crippen LogP contribution in [-0.2, 0) is 29.9 Å². The van der Waals surface area contributed by atoms with E-state index >= 15 is 0 Å². The number of carbonyl (C=O) groups is 2. The van der Waals surface area contributed by atoms with Gasteiger partial charge in [0.05, 0.1) is 17.3 Å². The van der Waals surface area contributed by atoms with Crippen molar-refractivity contribution in [3.05, 3.63) is 46.0 Å². The number of amides is 1. The van der Waals surface area contributed by atoms with Gasteiger partial charge in [-0.3, -0.25) is 24.4 Å². The van der Waals surface area contributed by atoms with E-state index < -0.39 is 43.7 Å². The molecule has 0 unspecified atom stereocenters. The van der Waals surface area contributed by atoms with E-state index in [0.717, 1.165) is 24.8 Å². The minimum atomic E-state index is -5.31. The molecule has 2 aliphatic rings. The fourth-order valence-corrected chi connectivity index (χ4v) is 5.45. The number of oxime groups is 1. The highest BCUT2D eigenvalue weighted by Gasteiger charge is 2.32. The molecular formula is C25H33ClN2O12P2. The van der Waals surface area contributed by atoms with Crippen molar-refractivity contribution in [2.24, 2.45) is 5.16 Å². The summed E-state index contributed by atoms with van der Waals surface area (Å²) >= 11 is 6.47. The Balaban J connectivity index is 2.12. The summed E-state index contributed by atoms with van der Waals surface area (Å²) in [5, 5.41) is 3.61. The van der Waals surface area contributed by atoms with Crippen LogP contribution >= 0.6 is 27.2 Å². The lowest BCUT2D eigenvalue weighted by Crippen LogP contribution is -2.37. The molecule has 1 amide bonds. The number of halogens is 1. The molecule has 3 rings (SSSR count). The first-order chi connectivity index (χ1) is 19.7. The van der Waals surface area contributed by atoms with Crippen LogP contribution in [0.25, 0.3) is 0 Å². The standard InChI is InChI=1S/C25H33ClN2O12P2/c1-17-9-5-2-3-8-12-37-25(30)23-19(14-18(13-17)27-38-16-22(29)28-10-6-4-7-11-28)24(26)21(40-42(34,35)36)15-20(23)39-41(31,32)33/h2-3,13,15H,4-12,14,16H2,1H3,(H2,31,32,33)(H2,34,35,36)/b3-2+,17-13+,27-18+. The Hall–Kier alpha value is -2.70. The molecule has 0 aliphatic carbocycles. The second-order valence-electron chi connectivity index (χ2n) is 9.60. The Bertz CT molecular complexity index is 1350. The molecule has 0 saturated carbocycles. The van der Waals surface area contributed by atoms with Crippen molar-refractivity contribution in [1.29, 1.82) is 0 Å². The topological polar surface area (TPSA) is 202 Å². The monoisotopic (exact) mass is 650 g/mol. The quantitative estimate of drug-likeness (QED) is 0.143. The van der Waals surface area contributed by atoms with Crippen LogP contribution in [0.5, 0.6) is 11.5 Å². The first-order valence-corrected chi connectivity index (χ1v) is 16.5. The number of allylic oxidation sites excluding steroid dienone is 3. The van der Waals surface area contributed by atoms with E-state index in [9.17, 15) is 38.3 Å². The van der Waals surface area contributed by atoms with Gasteiger partial charge in [0.15, 0.2) is 12.4 Å². The smallest absolute Gasteiger partial charge is 0.462 e. The number of ether oxygens (including phenoxy) is 1. The number of hydrogen-bond acceptors (Lipinski definition) is 9. The normalized spacial score (nSPS) is 20.4. The number of hydrogen-bond donors (Lipinski definition) is 4. The summed E-state index contributed by atoms with van der Waals surface area (Å²) in [5.74, 6) is -2.85. The van der Waals surface area contributed by atoms with Crippen LogP contribution in [-0.4, -0.2) is 68.4 Å². The van der Waals surface area contributed by atoms with Crippen LogP contribution in [0.15, 0.2) is 35.0 Å². The Labute approximate surface area is 247 Å². The van der Waals surface area contributed by atoms with Gasteiger partial charge in [-0.15, -0.1) is 0 Å². The summed E-state index contributed by atoms with van der Waals surface area (Å²) in [6.07, 6.45) is 9.38. The van der Waals surface area contributed by atoms with Gasteiger partial charge in [-0.2, -0.15) is 0 Å². The molecule has 0 spiro atoms. The number of cyclic esters (lactones) is 1. The molecule has 1 fully saturated rings. The van der Waals surface area contributed by atoms with Crippen molar-refractivity contribution >= 4 is 44.8 Å². The maximum atomic E-state index is 13.2. The second-order valence-corrected chi connectivity index (χ2v) is 12.3. The number of likely N-dealkylation sites (tertiary alicyclic amines) is 1. The highest BCUT2D eigenvalue weighted by atomic mass is 35.5. The zero-order chi connectivity index (χ0) is 30.9. The van der Waals surface area contributed by atoms with Gasteiger partial charge in [-0.25, -0.2) is 13.9 Å². The van der Waals surface area contributed by atoms with Crippen LogP contribution in [0.1, 0.15) is 61.4 Å². The molecule has 0 aromatic heterocycles. The first kappa shape index (κ1) is 33.8. The third-order valence-electron chi connectivity index (χ3n) is 6.17. The average molecular weight is 651 g/mol. The molecule has 17 heteroatoms. The lowest BCUT2D eigenvalue weighted by molar-refractivity contribution is -0.137. The zero-order valence-electron chi connectivity index (χ0n) is 22.8. The summed E-state index contributed by atoms with van der Waals surface area (Å²) in [4.78, 5) is 70.6. The fraction of sp³-hybridized carbons (Fsp3) is 0.480. The van der Waals surface area contributed by atoms with Gasteiger partial charge in [0, 0.05) is 25.6 Å². The van der Waals surface area contributed by atoms with E-state index in [2.05, 4.69) is 9.68 Å². The van der Waals surface area contributed by atoms with Crippen molar-refractivity contribution in [2.75, 3.05) is 26.3 Å². The number of carbonyl (C=O) groups excluding carboxylic acids is 2. The van der Waals surface area contributed by atoms with Crippen LogP contribution in [0.3, 0.4) is 0 Å². The maximum Gasteiger partial charge on any atom is 0.524 e. The van der Waals surface area contributed by atoms with E-state index in [-0.39, 0.29) is 36.8 Å². The molecule has 1 aromatic rings. The number of rotatable bonds is 7. The zero-order valence-corrected chi connectivity index (χ0v) is 25.4. The van der Waals surface area contributed by atoms with Gasteiger partial charge in [-0.1, -0.05) is 34.5 Å². The van der Waals surface area contributed by atoms with Crippen molar-refractivity contribution in [3.8, 4) is 11.5 Å². The van der Waals surface area contributed by atoms with Gasteiger partial charge >= 0.3 is 21.6 Å². The van der Waals surface area contributed by atoms with Crippen molar-refractivity contribution in [1.82, 2.24) is 4.90 Å². The molecular weight excluding hydrogens is 618 g/mol. The fourth-order valence-electron chi connectivity index (χ4n) is 4.34. The van der Waals surface area contributed by atoms with Gasteiger partial charge < -0.3 is 23.5 Å². The minimum absolute atomic E-state index is 0.0973. The van der Waals surface area contributed by atoms with Gasteiger partial charge in [0.25, 0.3) is 5.91 Å². The number of benzene rings is 1. The van der Waals surface area contributed by atoms with Crippen LogP contribution in [0.2, 0.25) is 5.02 Å². The Morgan fingerprint density at radius 3 is 2.36 bits per heavy atom. The van der Waals surface area contributed by atoms with Crippen molar-refractivity contribution in [2.45, 2.75) is 51.9 Å². The second kappa shape index (κ2) is 15.2. The summed E-state index contributed by atoms with van der Waals surface area (Å²) in [5.41, 5.74) is 0.213. The molecule has 0 radical (unpaired) electrons. The van der Waals surface area contributed by atoms with Gasteiger partial charge in [0.2, 0.25) is 0 Å². The van der Waals surface area contributed by atoms with E-state index in [0.29, 0.717) is 38.4 Å². The maximum absolute atomic E-state index is 13.2. The predicted octanol–water partition coefficient (Wildman–Crippen LogP) is 4.05. The van der Waals surface area contributed by atoms with Crippen LogP contribution in [0.4, 0.5) is 0 Å². The minimum Gasteiger partial charge on any atom is -0.462 e. The summed E-state index contributed by atoms with van der Waals surface area (Å²) in [6.45, 7) is 2.58. The van der Waals surface area contributed by atoms with E-state index in [1.165, 1.54) is 0 Å². The number of piperidine rings is 1. The number of phosphoric acid groups is 2.